The van der Waals surface area contributed by atoms with E-state index in [1.54, 1.807) is 0 Å². The minimum absolute atomic E-state index is 0.883. The summed E-state index contributed by atoms with van der Waals surface area (Å²) in [5.41, 5.74) is 0. The van der Waals surface area contributed by atoms with Gasteiger partial charge in [-0.2, -0.15) is 0 Å². The molecular formula is C82H137N5O60. The molecule has 60 atom stereocenters. The van der Waals surface area contributed by atoms with Crippen LogP contribution in [0.1, 0.15) is 41.5 Å². The molecule has 0 spiro atoms. The number of aliphatic hydroxyl groups is 32. The molecule has 12 fully saturated rings. The molecule has 12 aliphatic rings. The second kappa shape index (κ2) is 52.8. The van der Waals surface area contributed by atoms with E-state index in [0.29, 0.717) is 0 Å². The lowest BCUT2D eigenvalue weighted by molar-refractivity contribution is -0.399. The van der Waals surface area contributed by atoms with Gasteiger partial charge in [-0.25, -0.2) is 0 Å². The third-order valence-corrected chi connectivity index (χ3v) is 27.0. The number of carbonyl (C=O) groups excluding carboxylic acids is 5. The van der Waals surface area contributed by atoms with E-state index < -0.39 is 470 Å². The van der Waals surface area contributed by atoms with Gasteiger partial charge in [-0.05, 0) is 6.92 Å². The largest absolute Gasteiger partial charge is 0.394 e. The summed E-state index contributed by atoms with van der Waals surface area (Å²) in [5.74, 6) is -4.95. The van der Waals surface area contributed by atoms with Crippen molar-refractivity contribution in [2.45, 2.75) is 410 Å². The second-order valence-electron chi connectivity index (χ2n) is 37.4. The van der Waals surface area contributed by atoms with Crippen LogP contribution in [0.15, 0.2) is 0 Å². The number of hydrogen-bond donors (Lipinski definition) is 37. The molecule has 12 heterocycles. The predicted octanol–water partition coefficient (Wildman–Crippen LogP) is -25.4. The van der Waals surface area contributed by atoms with Crippen LogP contribution in [0, 0.1) is 0 Å². The molecule has 12 rings (SSSR count). The average molecular weight is 2150 g/mol. The third-order valence-electron chi connectivity index (χ3n) is 27.0. The number of ether oxygens (including phenoxy) is 23. The van der Waals surface area contributed by atoms with E-state index in [2.05, 4.69) is 26.6 Å². The Kier molecular flexibility index (Phi) is 43.4. The Morgan fingerprint density at radius 3 is 0.789 bits per heavy atom. The predicted molar refractivity (Wildman–Crippen MR) is 452 cm³/mol. The van der Waals surface area contributed by atoms with Crippen LogP contribution in [0.3, 0.4) is 0 Å². The molecule has 0 aromatic heterocycles. The van der Waals surface area contributed by atoms with Crippen molar-refractivity contribution in [1.29, 1.82) is 0 Å². The van der Waals surface area contributed by atoms with Crippen LogP contribution in [0.2, 0.25) is 0 Å². The third kappa shape index (κ3) is 27.0. The fraction of sp³-hybridized carbons (Fsp3) is 0.939. The molecule has 37 N–H and O–H groups in total. The van der Waals surface area contributed by atoms with Crippen molar-refractivity contribution in [2.75, 3.05) is 72.7 Å². The maximum absolute atomic E-state index is 13.5. The quantitative estimate of drug-likeness (QED) is 0.0273. The highest BCUT2D eigenvalue weighted by Crippen LogP contribution is 2.42. The fourth-order valence-electron chi connectivity index (χ4n) is 19.1. The Hall–Kier alpha value is -4.85. The zero-order valence-corrected chi connectivity index (χ0v) is 79.2. The first-order valence-electron chi connectivity index (χ1n) is 47.0. The van der Waals surface area contributed by atoms with Gasteiger partial charge in [0.15, 0.2) is 75.5 Å². The van der Waals surface area contributed by atoms with Crippen molar-refractivity contribution in [3.63, 3.8) is 0 Å². The van der Waals surface area contributed by atoms with Gasteiger partial charge in [0.05, 0.1) is 78.8 Å². The molecule has 12 saturated heterocycles. The first-order valence-corrected chi connectivity index (χ1v) is 47.0. The summed E-state index contributed by atoms with van der Waals surface area (Å²) in [6.07, 6.45) is -118. The number of nitrogens with one attached hydrogen (secondary N) is 5. The summed E-state index contributed by atoms with van der Waals surface area (Å²) < 4.78 is 138. The van der Waals surface area contributed by atoms with E-state index in [1.165, 1.54) is 6.92 Å². The van der Waals surface area contributed by atoms with Crippen LogP contribution < -0.4 is 26.6 Å². The molecule has 850 valence electrons. The zero-order chi connectivity index (χ0) is 108. The van der Waals surface area contributed by atoms with Crippen molar-refractivity contribution in [3.8, 4) is 0 Å². The van der Waals surface area contributed by atoms with Gasteiger partial charge in [0.1, 0.15) is 287 Å². The van der Waals surface area contributed by atoms with E-state index in [0.717, 1.165) is 34.6 Å². The van der Waals surface area contributed by atoms with Gasteiger partial charge in [0.25, 0.3) is 0 Å². The monoisotopic (exact) mass is 2150 g/mol. The molecule has 0 radical (unpaired) electrons. The Labute approximate surface area is 832 Å². The number of carbonyl (C=O) groups is 5. The second-order valence-corrected chi connectivity index (χ2v) is 37.4. The lowest BCUT2D eigenvalue weighted by Gasteiger charge is -2.51. The van der Waals surface area contributed by atoms with E-state index in [4.69, 9.17) is 109 Å². The first kappa shape index (κ1) is 121. The molecule has 65 nitrogen and oxygen atoms in total. The summed E-state index contributed by atoms with van der Waals surface area (Å²) in [4.78, 5) is 65.6. The normalized spacial score (nSPS) is 49.6. The van der Waals surface area contributed by atoms with Crippen molar-refractivity contribution in [3.05, 3.63) is 0 Å². The molecule has 5 amide bonds. The SMILES string of the molecule is CC(=O)N[C@H]1[C@H](O[C@H]2[C@H](O)[C@@H](NC(C)=O)C(O)O[C@@H]2CO[C@@H]2O[C@@H](C)[C@@H](O)[C@@H](O)[C@@H]2O)O[C@H](CO)[C@@H](O[C@@H]2O[C@H](CO[C@H]3O[C@H](CO[C@@H]4O[C@H](CO)[C@@H](O[C@@H]5O[C@H](CO)[C@H](O)[C@H](O)[C@H]5O)[C@@H](O)[C@H]4NC(C)=O)[C@@H](O)[C@H](O)[C@@H]3O[C@@H]3O[C@H](CO)[C@@H](O[C@@H]4O[C@H](CO)[C@H](O)[C@H](O)[C@H]4O)[C@H](O)[C@H]3NC(C)=O)[C@@H](O)[C@H](O[C@H]3O[C@H](CO)[C@@H](O)[C@H](O)[C@@H]3O[C@@H]3O[C@H](CO)[C@@H](O[C@@H]4O[C@H](CO)[C@H](O)[C@H](O)[C@H]4O)[C@H](O)[C@H]3NC(C)=O)[C@@H]2O)[C@@H]1O. The fourth-order valence-corrected chi connectivity index (χ4v) is 19.1. The Bertz CT molecular complexity index is 4110. The maximum atomic E-state index is 13.5. The van der Waals surface area contributed by atoms with Crippen LogP contribution in [-0.4, -0.2) is 634 Å². The zero-order valence-electron chi connectivity index (χ0n) is 79.2. The van der Waals surface area contributed by atoms with Crippen LogP contribution in [0.25, 0.3) is 0 Å². The average Bonchev–Trinajstić information content (AvgIpc) is 0.770. The van der Waals surface area contributed by atoms with Gasteiger partial charge in [-0.1, -0.05) is 0 Å². The summed E-state index contributed by atoms with van der Waals surface area (Å²) >= 11 is 0. The molecule has 0 aliphatic carbocycles. The summed E-state index contributed by atoms with van der Waals surface area (Å²) in [6.45, 7) is -6.88. The number of amides is 5. The highest BCUT2D eigenvalue weighted by Gasteiger charge is 2.63. The molecule has 0 saturated carbocycles. The summed E-state index contributed by atoms with van der Waals surface area (Å²) in [5, 5.41) is 373. The molecule has 147 heavy (non-hydrogen) atoms. The maximum Gasteiger partial charge on any atom is 0.217 e. The highest BCUT2D eigenvalue weighted by atomic mass is 16.8. The van der Waals surface area contributed by atoms with Crippen molar-refractivity contribution < 1.29 is 296 Å². The van der Waals surface area contributed by atoms with Crippen LogP contribution in [0.4, 0.5) is 0 Å². The van der Waals surface area contributed by atoms with Gasteiger partial charge < -0.3 is 299 Å². The van der Waals surface area contributed by atoms with Gasteiger partial charge in [0, 0.05) is 34.6 Å². The van der Waals surface area contributed by atoms with E-state index in [-0.39, 0.29) is 0 Å². The molecule has 0 aromatic rings. The number of hydrogen-bond acceptors (Lipinski definition) is 60. The van der Waals surface area contributed by atoms with Crippen molar-refractivity contribution >= 4 is 29.5 Å². The minimum Gasteiger partial charge on any atom is -0.394 e. The minimum atomic E-state index is -2.75. The van der Waals surface area contributed by atoms with Gasteiger partial charge in [-0.3, -0.25) is 24.0 Å². The summed E-state index contributed by atoms with van der Waals surface area (Å²) in [6, 6.07) is -9.96. The Morgan fingerprint density at radius 2 is 0.422 bits per heavy atom. The molecule has 65 heteroatoms. The molecular weight excluding hydrogens is 2010 g/mol. The summed E-state index contributed by atoms with van der Waals surface area (Å²) in [7, 11) is 0. The van der Waals surface area contributed by atoms with Crippen LogP contribution in [-0.2, 0) is 133 Å². The number of aliphatic hydroxyl groups excluding tert-OH is 32. The van der Waals surface area contributed by atoms with Crippen LogP contribution >= 0.6 is 0 Å². The van der Waals surface area contributed by atoms with Gasteiger partial charge >= 0.3 is 0 Å². The molecule has 1 unspecified atom stereocenters. The van der Waals surface area contributed by atoms with Crippen molar-refractivity contribution in [2.24, 2.45) is 0 Å². The van der Waals surface area contributed by atoms with Gasteiger partial charge in [0.2, 0.25) is 29.5 Å². The van der Waals surface area contributed by atoms with Crippen molar-refractivity contribution in [1.82, 2.24) is 26.6 Å². The van der Waals surface area contributed by atoms with Gasteiger partial charge in [-0.15, -0.1) is 0 Å². The van der Waals surface area contributed by atoms with E-state index in [9.17, 15) is 187 Å². The number of rotatable bonds is 38. The van der Waals surface area contributed by atoms with E-state index >= 15 is 0 Å². The highest BCUT2D eigenvalue weighted by molar-refractivity contribution is 5.75. The van der Waals surface area contributed by atoms with E-state index in [1.807, 2.05) is 0 Å². The standard InChI is InChI=1S/C82H137N5O60/c1-18-40(101)52(113)58(119)76(128-18)126-17-34-67(47(108)35(71(124)129-34)83-19(2)96)140-73-37(85-21(4)98)49(110)66(31(14-95)135-73)144-80-62(123)68(145-82-70(56(117)44(105)27(10-91)133-82)147-75-39(87-23(6)100)51(112)65(30(13-94)137-75)143-79-61(122)55(116)43(104)26(9-90)132-79)46(107)33(138-80)16-127-81-69(146-74-38(86-22(5)99)50(111)64(29(12-93)136-74)142-78-60(121)54(115)42(103)25(8-89)131-78)57(118)45(106)32(139-81)15-125-72-36(84-20(3)97)48(109)63(28(11-92)134-72)141-77-59(120)53(114)41(102)24(7-88)130-77/h18,24-82,88-95,101-124H,7-17H2,1-6H3,(H,83,96)(H,84,97)(H,85,98)(H,86,99)(H,87,100)/t18-,24+,25+,26+,27+,28+,29+,30+,31+,32+,33+,34+,35+,36+,37+,38+,39+,40+,41-,42-,43-,44+,45+,46+,47+,48-,49+,50+,51+,52+,53-,54-,55-,56-,57-,58-,59+,60+,61+,62-,63+,64+,65+,66+,67+,68-,69-,70-,71?,72+,73-,74-,75-,76+,77-,78-,79-,80-,81-,82+/m0/s1. The molecule has 0 bridgehead atoms. The molecule has 0 aromatic carbocycles. The topological polar surface area (TPSA) is 1010 Å². The lowest BCUT2D eigenvalue weighted by Crippen LogP contribution is -2.71. The first-order chi connectivity index (χ1) is 69.5. The van der Waals surface area contributed by atoms with Crippen LogP contribution in [0.5, 0.6) is 0 Å². The smallest absolute Gasteiger partial charge is 0.217 e. The Morgan fingerprint density at radius 1 is 0.190 bits per heavy atom. The molecule has 12 aliphatic heterocycles. The Balaban J connectivity index is 0.913. The lowest BCUT2D eigenvalue weighted by atomic mass is 9.93.